The molecule has 30 heavy (non-hydrogen) atoms. The van der Waals surface area contributed by atoms with Gasteiger partial charge < -0.3 is 4.90 Å². The molecule has 1 aliphatic heterocycles. The fourth-order valence-corrected chi connectivity index (χ4v) is 7.07. The van der Waals surface area contributed by atoms with E-state index in [2.05, 4.69) is 42.3 Å². The van der Waals surface area contributed by atoms with Crippen LogP contribution in [0.25, 0.3) is 0 Å². The molecule has 0 spiro atoms. The molecule has 0 bridgehead atoms. The van der Waals surface area contributed by atoms with Crippen LogP contribution in [0.15, 0.2) is 52.7 Å². The molecule has 1 aliphatic rings. The van der Waals surface area contributed by atoms with Crippen LogP contribution in [0.3, 0.4) is 0 Å². The van der Waals surface area contributed by atoms with Crippen LogP contribution >= 0.6 is 22.9 Å². The average Bonchev–Trinajstić information content (AvgIpc) is 3.20. The Balaban J connectivity index is 1.43. The number of thiazole rings is 1. The minimum Gasteiger partial charge on any atom is -0.348 e. The van der Waals surface area contributed by atoms with E-state index in [1.165, 1.54) is 16.7 Å². The fourth-order valence-electron chi connectivity index (χ4n) is 3.93. The molecule has 4 rings (SSSR count). The summed E-state index contributed by atoms with van der Waals surface area (Å²) in [5.74, 6) is 0. The summed E-state index contributed by atoms with van der Waals surface area (Å²) in [6.07, 6.45) is 1.99. The van der Waals surface area contributed by atoms with Crippen molar-refractivity contribution in [2.45, 2.75) is 43.3 Å². The third kappa shape index (κ3) is 4.27. The van der Waals surface area contributed by atoms with Crippen LogP contribution in [0.4, 0.5) is 5.13 Å². The summed E-state index contributed by atoms with van der Waals surface area (Å²) in [5.41, 5.74) is 4.98. The normalized spacial score (nSPS) is 15.5. The Morgan fingerprint density at radius 1 is 1.10 bits per heavy atom. The third-order valence-electron chi connectivity index (χ3n) is 5.92. The molecule has 0 N–H and O–H groups in total. The van der Waals surface area contributed by atoms with Crippen LogP contribution in [0, 0.1) is 13.8 Å². The van der Waals surface area contributed by atoms with Crippen molar-refractivity contribution in [1.29, 1.82) is 0 Å². The maximum Gasteiger partial charge on any atom is 0.185 e. The number of hydrogen-bond donors (Lipinski definition) is 0. The predicted octanol–water partition coefficient (Wildman–Crippen LogP) is 5.45. The van der Waals surface area contributed by atoms with Gasteiger partial charge in [-0.05, 0) is 55.5 Å². The van der Waals surface area contributed by atoms with Crippen molar-refractivity contribution in [3.8, 4) is 0 Å². The second kappa shape index (κ2) is 8.69. The number of hydrogen-bond acceptors (Lipinski definition) is 5. The topological polar surface area (TPSA) is 50.3 Å². The molecular formula is C23H25ClN2O2S2. The Morgan fingerprint density at radius 3 is 2.57 bits per heavy atom. The van der Waals surface area contributed by atoms with E-state index in [-0.39, 0.29) is 4.90 Å². The van der Waals surface area contributed by atoms with Gasteiger partial charge in [0.05, 0.1) is 20.9 Å². The highest BCUT2D eigenvalue weighted by Gasteiger charge is 2.33. The number of anilines is 1. The highest BCUT2D eigenvalue weighted by molar-refractivity contribution is 7.92. The van der Waals surface area contributed by atoms with Crippen molar-refractivity contribution in [2.75, 3.05) is 18.0 Å². The molecule has 0 amide bonds. The summed E-state index contributed by atoms with van der Waals surface area (Å²) in [5, 5.41) is 2.99. The Bertz CT molecular complexity index is 1150. The van der Waals surface area contributed by atoms with Gasteiger partial charge in [-0.25, -0.2) is 13.4 Å². The Kier molecular flexibility index (Phi) is 6.19. The van der Waals surface area contributed by atoms with E-state index in [1.807, 2.05) is 0 Å². The molecule has 0 atom stereocenters. The van der Waals surface area contributed by atoms with Crippen LogP contribution in [0.2, 0.25) is 5.02 Å². The number of benzene rings is 2. The first-order chi connectivity index (χ1) is 14.4. The number of piperidine rings is 1. The maximum atomic E-state index is 13.0. The van der Waals surface area contributed by atoms with Crippen molar-refractivity contribution in [3.63, 3.8) is 0 Å². The first-order valence-electron chi connectivity index (χ1n) is 10.1. The molecule has 0 aliphatic carbocycles. The molecule has 1 saturated heterocycles. The second-order valence-corrected chi connectivity index (χ2v) is 11.3. The summed E-state index contributed by atoms with van der Waals surface area (Å²) in [6.45, 7) is 5.66. The monoisotopic (exact) mass is 460 g/mol. The lowest BCUT2D eigenvalue weighted by Gasteiger charge is -2.31. The first-order valence-corrected chi connectivity index (χ1v) is 12.9. The van der Waals surface area contributed by atoms with Gasteiger partial charge in [-0.1, -0.05) is 41.9 Å². The Labute approximate surface area is 187 Å². The van der Waals surface area contributed by atoms with Gasteiger partial charge in [0.25, 0.3) is 0 Å². The number of nitrogens with zero attached hydrogens (tertiary/aromatic N) is 2. The van der Waals surface area contributed by atoms with E-state index in [1.54, 1.807) is 35.6 Å². The summed E-state index contributed by atoms with van der Waals surface area (Å²) in [7, 11) is -3.42. The van der Waals surface area contributed by atoms with Crippen molar-refractivity contribution in [3.05, 3.63) is 75.3 Å². The molecule has 0 unspecified atom stereocenters. The third-order valence-corrected chi connectivity index (χ3v) is 9.63. The summed E-state index contributed by atoms with van der Waals surface area (Å²) in [4.78, 5) is 7.28. The molecule has 4 nitrogen and oxygen atoms in total. The number of halogens is 1. The summed E-state index contributed by atoms with van der Waals surface area (Å²) >= 11 is 7.78. The zero-order valence-electron chi connectivity index (χ0n) is 17.1. The quantitative estimate of drug-likeness (QED) is 0.508. The molecule has 3 aromatic rings. The van der Waals surface area contributed by atoms with Crippen molar-refractivity contribution < 1.29 is 8.42 Å². The average molecular weight is 461 g/mol. The zero-order chi connectivity index (χ0) is 21.3. The van der Waals surface area contributed by atoms with Crippen LogP contribution in [0.5, 0.6) is 0 Å². The van der Waals surface area contributed by atoms with Crippen LogP contribution in [-0.4, -0.2) is 31.7 Å². The lowest BCUT2D eigenvalue weighted by Crippen LogP contribution is -2.39. The summed E-state index contributed by atoms with van der Waals surface area (Å²) < 4.78 is 26.0. The van der Waals surface area contributed by atoms with Gasteiger partial charge in [0.1, 0.15) is 0 Å². The molecule has 0 saturated carbocycles. The minimum absolute atomic E-state index is 0.246. The van der Waals surface area contributed by atoms with E-state index < -0.39 is 15.1 Å². The van der Waals surface area contributed by atoms with Gasteiger partial charge in [-0.3, -0.25) is 0 Å². The van der Waals surface area contributed by atoms with Crippen molar-refractivity contribution in [2.24, 2.45) is 0 Å². The highest BCUT2D eigenvalue weighted by Crippen LogP contribution is 2.32. The van der Waals surface area contributed by atoms with Crippen molar-refractivity contribution in [1.82, 2.24) is 4.98 Å². The standard InChI is InChI=1S/C23H25ClN2O2S2/c1-16-6-5-7-18(17(16)2)14-19-15-29-23(25-19)26-12-10-20(11-13-26)30(27,28)22-9-4-3-8-21(22)24/h3-9,15,20H,10-14H2,1-2H3. The maximum absolute atomic E-state index is 13.0. The van der Waals surface area contributed by atoms with Gasteiger partial charge in [-0.15, -0.1) is 11.3 Å². The Hall–Kier alpha value is -1.89. The van der Waals surface area contributed by atoms with Crippen LogP contribution in [0.1, 0.15) is 35.2 Å². The molecule has 2 heterocycles. The predicted molar refractivity (Wildman–Crippen MR) is 125 cm³/mol. The van der Waals surface area contributed by atoms with Gasteiger partial charge in [0.15, 0.2) is 15.0 Å². The second-order valence-electron chi connectivity index (χ2n) is 7.82. The van der Waals surface area contributed by atoms with E-state index >= 15 is 0 Å². The molecule has 1 fully saturated rings. The fraction of sp³-hybridized carbons (Fsp3) is 0.348. The number of rotatable bonds is 5. The summed E-state index contributed by atoms with van der Waals surface area (Å²) in [6, 6.07) is 13.1. The van der Waals surface area contributed by atoms with Gasteiger partial charge >= 0.3 is 0 Å². The molecule has 7 heteroatoms. The number of aromatic nitrogens is 1. The SMILES string of the molecule is Cc1cccc(Cc2csc(N3CCC(S(=O)(=O)c4ccccc4Cl)CC3)n2)c1C. The van der Waals surface area contributed by atoms with Crippen molar-refractivity contribution >= 4 is 37.9 Å². The van der Waals surface area contributed by atoms with Crippen LogP contribution < -0.4 is 4.90 Å². The zero-order valence-corrected chi connectivity index (χ0v) is 19.5. The largest absolute Gasteiger partial charge is 0.348 e. The van der Waals surface area contributed by atoms with E-state index in [9.17, 15) is 8.42 Å². The lowest BCUT2D eigenvalue weighted by atomic mass is 10.0. The van der Waals surface area contributed by atoms with E-state index in [0.29, 0.717) is 31.0 Å². The minimum atomic E-state index is -3.42. The van der Waals surface area contributed by atoms with E-state index in [4.69, 9.17) is 16.6 Å². The molecule has 0 radical (unpaired) electrons. The lowest BCUT2D eigenvalue weighted by molar-refractivity contribution is 0.529. The molecule has 158 valence electrons. The van der Waals surface area contributed by atoms with Gasteiger partial charge in [0.2, 0.25) is 0 Å². The van der Waals surface area contributed by atoms with E-state index in [0.717, 1.165) is 17.2 Å². The number of sulfone groups is 1. The molecular weight excluding hydrogens is 436 g/mol. The first kappa shape index (κ1) is 21.3. The molecule has 1 aromatic heterocycles. The number of aryl methyl sites for hydroxylation is 1. The smallest absolute Gasteiger partial charge is 0.185 e. The molecule has 2 aromatic carbocycles. The highest BCUT2D eigenvalue weighted by atomic mass is 35.5. The Morgan fingerprint density at radius 2 is 1.83 bits per heavy atom. The van der Waals surface area contributed by atoms with Gasteiger partial charge in [-0.2, -0.15) is 0 Å². The van der Waals surface area contributed by atoms with Gasteiger partial charge in [0, 0.05) is 24.9 Å². The van der Waals surface area contributed by atoms with Crippen LogP contribution in [-0.2, 0) is 16.3 Å².